The van der Waals surface area contributed by atoms with E-state index in [0.29, 0.717) is 17.1 Å². The van der Waals surface area contributed by atoms with Crippen molar-refractivity contribution in [3.05, 3.63) is 65.2 Å². The van der Waals surface area contributed by atoms with Gasteiger partial charge in [0.1, 0.15) is 0 Å². The first kappa shape index (κ1) is 14.0. The predicted molar refractivity (Wildman–Crippen MR) is 88.7 cm³/mol. The number of aromatic amines is 1. The molecule has 23 heavy (non-hydrogen) atoms. The molecule has 4 rings (SSSR count). The fourth-order valence-electron chi connectivity index (χ4n) is 2.85. The number of nitrogens with one attached hydrogen (secondary N) is 1. The van der Waals surface area contributed by atoms with Crippen molar-refractivity contribution in [2.24, 2.45) is 0 Å². The number of hydrogen-bond acceptors (Lipinski definition) is 3. The monoisotopic (exact) mass is 324 g/mol. The highest BCUT2D eigenvalue weighted by atomic mass is 35.5. The minimum atomic E-state index is -0.0194. The molecule has 0 saturated heterocycles. The van der Waals surface area contributed by atoms with E-state index in [1.54, 1.807) is 41.8 Å². The average molecular weight is 325 g/mol. The summed E-state index contributed by atoms with van der Waals surface area (Å²) in [6.07, 6.45) is 7.78. The molecule has 0 radical (unpaired) electrons. The molecule has 6 heteroatoms. The molecule has 1 N–H and O–H groups in total. The quantitative estimate of drug-likeness (QED) is 0.786. The number of fused-ring (bicyclic) bond motifs is 1. The van der Waals surface area contributed by atoms with Gasteiger partial charge in [0.15, 0.2) is 0 Å². The van der Waals surface area contributed by atoms with Crippen LogP contribution in [0.25, 0.3) is 11.1 Å². The topological polar surface area (TPSA) is 61.9 Å². The van der Waals surface area contributed by atoms with E-state index in [-0.39, 0.29) is 5.91 Å². The number of hydrogen-bond donors (Lipinski definition) is 1. The molecule has 1 aromatic carbocycles. The van der Waals surface area contributed by atoms with Crippen LogP contribution in [0.2, 0.25) is 5.02 Å². The van der Waals surface area contributed by atoms with Gasteiger partial charge in [0, 0.05) is 40.7 Å². The van der Waals surface area contributed by atoms with E-state index < -0.39 is 0 Å². The summed E-state index contributed by atoms with van der Waals surface area (Å²) in [6.45, 7) is 0.614. The molecule has 1 aliphatic rings. The number of rotatable bonds is 2. The number of H-pyrrole nitrogens is 1. The van der Waals surface area contributed by atoms with Crippen LogP contribution < -0.4 is 4.90 Å². The summed E-state index contributed by atoms with van der Waals surface area (Å²) in [4.78, 5) is 18.8. The molecule has 3 aromatic rings. The zero-order valence-corrected chi connectivity index (χ0v) is 12.9. The summed E-state index contributed by atoms with van der Waals surface area (Å²) >= 11 is 6.01. The maximum Gasteiger partial charge on any atom is 0.258 e. The van der Waals surface area contributed by atoms with Crippen LogP contribution in [0.1, 0.15) is 15.9 Å². The van der Waals surface area contributed by atoms with Gasteiger partial charge in [-0.2, -0.15) is 5.10 Å². The summed E-state index contributed by atoms with van der Waals surface area (Å²) in [7, 11) is 0. The van der Waals surface area contributed by atoms with Gasteiger partial charge in [-0.25, -0.2) is 0 Å². The van der Waals surface area contributed by atoms with E-state index in [9.17, 15) is 4.79 Å². The molecule has 5 nitrogen and oxygen atoms in total. The molecule has 0 saturated carbocycles. The first-order valence-electron chi connectivity index (χ1n) is 7.27. The summed E-state index contributed by atoms with van der Waals surface area (Å²) in [6, 6.07) is 7.37. The molecule has 0 spiro atoms. The second-order valence-corrected chi connectivity index (χ2v) is 5.86. The second-order valence-electron chi connectivity index (χ2n) is 5.43. The molecular weight excluding hydrogens is 312 g/mol. The zero-order chi connectivity index (χ0) is 15.8. The molecule has 0 unspecified atom stereocenters. The number of nitrogens with zero attached hydrogens (tertiary/aromatic N) is 3. The first-order chi connectivity index (χ1) is 11.2. The summed E-state index contributed by atoms with van der Waals surface area (Å²) in [5.41, 5.74) is 4.35. The number of pyridine rings is 1. The highest BCUT2D eigenvalue weighted by Crippen LogP contribution is 2.28. The number of carbonyl (C=O) groups is 1. The van der Waals surface area contributed by atoms with Crippen LogP contribution >= 0.6 is 11.6 Å². The van der Waals surface area contributed by atoms with Gasteiger partial charge in [0.25, 0.3) is 5.91 Å². The van der Waals surface area contributed by atoms with Crippen molar-refractivity contribution in [1.29, 1.82) is 0 Å². The van der Waals surface area contributed by atoms with Crippen LogP contribution in [-0.4, -0.2) is 27.6 Å². The minimum Gasteiger partial charge on any atom is -0.306 e. The van der Waals surface area contributed by atoms with Gasteiger partial charge in [-0.15, -0.1) is 0 Å². The van der Waals surface area contributed by atoms with E-state index in [0.717, 1.165) is 28.8 Å². The third kappa shape index (κ3) is 2.49. The number of benzene rings is 1. The highest BCUT2D eigenvalue weighted by molar-refractivity contribution is 6.30. The lowest BCUT2D eigenvalue weighted by Crippen LogP contribution is -2.37. The lowest BCUT2D eigenvalue weighted by atomic mass is 9.98. The number of halogens is 1. The van der Waals surface area contributed by atoms with Crippen LogP contribution in [0.4, 0.5) is 5.69 Å². The maximum absolute atomic E-state index is 12.8. The molecule has 1 aliphatic heterocycles. The Morgan fingerprint density at radius 1 is 1.13 bits per heavy atom. The standard InChI is InChI=1S/C17H13ClN4O/c18-14-1-2-16-11(5-14)3-4-22(17(16)23)15-6-12(7-19-10-15)13-8-20-21-9-13/h1-2,5-10H,3-4H2,(H,20,21). The SMILES string of the molecule is O=C1c2ccc(Cl)cc2CCN1c1cncc(-c2cn[nH]c2)c1. The Balaban J connectivity index is 1.71. The van der Waals surface area contributed by atoms with Crippen LogP contribution in [-0.2, 0) is 6.42 Å². The lowest BCUT2D eigenvalue weighted by molar-refractivity contribution is 0.0980. The van der Waals surface area contributed by atoms with E-state index in [2.05, 4.69) is 15.2 Å². The fraction of sp³-hybridized carbons (Fsp3) is 0.118. The van der Waals surface area contributed by atoms with Gasteiger partial charge < -0.3 is 4.90 Å². The van der Waals surface area contributed by atoms with Gasteiger partial charge in [-0.1, -0.05) is 11.6 Å². The van der Waals surface area contributed by atoms with Crippen molar-refractivity contribution < 1.29 is 4.79 Å². The minimum absolute atomic E-state index is 0.0194. The third-order valence-electron chi connectivity index (χ3n) is 4.01. The molecule has 2 aromatic heterocycles. The molecule has 0 fully saturated rings. The Hall–Kier alpha value is -2.66. The van der Waals surface area contributed by atoms with Crippen molar-refractivity contribution in [3.8, 4) is 11.1 Å². The fourth-order valence-corrected chi connectivity index (χ4v) is 3.04. The second kappa shape index (κ2) is 5.52. The predicted octanol–water partition coefficient (Wildman–Crippen LogP) is 3.33. The lowest BCUT2D eigenvalue weighted by Gasteiger charge is -2.28. The summed E-state index contributed by atoms with van der Waals surface area (Å²) in [5.74, 6) is -0.0194. The number of aromatic nitrogens is 3. The highest BCUT2D eigenvalue weighted by Gasteiger charge is 2.26. The molecule has 3 heterocycles. The van der Waals surface area contributed by atoms with E-state index in [4.69, 9.17) is 11.6 Å². The van der Waals surface area contributed by atoms with Crippen molar-refractivity contribution >= 4 is 23.2 Å². The summed E-state index contributed by atoms with van der Waals surface area (Å²) in [5, 5.41) is 7.39. The van der Waals surface area contributed by atoms with Gasteiger partial charge in [0.05, 0.1) is 18.1 Å². The molecule has 0 bridgehead atoms. The van der Waals surface area contributed by atoms with E-state index >= 15 is 0 Å². The number of amides is 1. The third-order valence-corrected chi connectivity index (χ3v) is 4.25. The van der Waals surface area contributed by atoms with Crippen molar-refractivity contribution in [3.63, 3.8) is 0 Å². The Labute approximate surface area is 137 Å². The maximum atomic E-state index is 12.8. The van der Waals surface area contributed by atoms with Crippen molar-refractivity contribution in [2.45, 2.75) is 6.42 Å². The molecule has 0 aliphatic carbocycles. The Morgan fingerprint density at radius 2 is 2.04 bits per heavy atom. The Morgan fingerprint density at radius 3 is 2.87 bits per heavy atom. The van der Waals surface area contributed by atoms with Crippen LogP contribution in [0, 0.1) is 0 Å². The van der Waals surface area contributed by atoms with Gasteiger partial charge >= 0.3 is 0 Å². The number of carbonyl (C=O) groups excluding carboxylic acids is 1. The van der Waals surface area contributed by atoms with Crippen LogP contribution in [0.15, 0.2) is 49.1 Å². The van der Waals surface area contributed by atoms with Gasteiger partial charge in [-0.3, -0.25) is 14.9 Å². The van der Waals surface area contributed by atoms with E-state index in [1.165, 1.54) is 0 Å². The molecular formula is C17H13ClN4O. The van der Waals surface area contributed by atoms with Crippen molar-refractivity contribution in [2.75, 3.05) is 11.4 Å². The van der Waals surface area contributed by atoms with Crippen molar-refractivity contribution in [1.82, 2.24) is 15.2 Å². The zero-order valence-electron chi connectivity index (χ0n) is 12.2. The Bertz CT molecular complexity index is 876. The number of anilines is 1. The average Bonchev–Trinajstić information content (AvgIpc) is 3.10. The Kier molecular flexibility index (Phi) is 3.35. The molecule has 114 valence electrons. The molecule has 1 amide bonds. The smallest absolute Gasteiger partial charge is 0.258 e. The van der Waals surface area contributed by atoms with Crippen LogP contribution in [0.5, 0.6) is 0 Å². The molecule has 0 atom stereocenters. The van der Waals surface area contributed by atoms with Crippen LogP contribution in [0.3, 0.4) is 0 Å². The van der Waals surface area contributed by atoms with E-state index in [1.807, 2.05) is 12.1 Å². The summed E-state index contributed by atoms with van der Waals surface area (Å²) < 4.78 is 0. The largest absolute Gasteiger partial charge is 0.306 e. The first-order valence-corrected chi connectivity index (χ1v) is 7.65. The van der Waals surface area contributed by atoms with Gasteiger partial charge in [-0.05, 0) is 36.2 Å². The van der Waals surface area contributed by atoms with Gasteiger partial charge in [0.2, 0.25) is 0 Å². The normalized spacial score (nSPS) is 14.0.